The number of unbranched alkanes of at least 4 members (excludes halogenated alkanes) is 5. The molecule has 0 spiro atoms. The molecule has 0 saturated carbocycles. The van der Waals surface area contributed by atoms with E-state index in [4.69, 9.17) is 14.2 Å². The molecule has 1 unspecified atom stereocenters. The van der Waals surface area contributed by atoms with Crippen LogP contribution in [0.4, 0.5) is 0 Å². The van der Waals surface area contributed by atoms with E-state index in [9.17, 15) is 0 Å². The largest absolute Gasteiger partial charge is 0.502 e. The summed E-state index contributed by atoms with van der Waals surface area (Å²) >= 11 is 4.13. The quantitative estimate of drug-likeness (QED) is 0.130. The molecule has 0 saturated heterocycles. The third kappa shape index (κ3) is 12.7. The SMILES string of the molecule is CCCCCCCCC(CCCOC=CCS)C(C)(OCC)OCC. The molecule has 25 heavy (non-hydrogen) atoms. The second-order valence-corrected chi connectivity index (χ2v) is 7.07. The Labute approximate surface area is 162 Å². The second-order valence-electron chi connectivity index (χ2n) is 6.70. The maximum absolute atomic E-state index is 6.04. The molecule has 0 aliphatic heterocycles. The van der Waals surface area contributed by atoms with Gasteiger partial charge in [-0.05, 0) is 46.1 Å². The highest BCUT2D eigenvalue weighted by Crippen LogP contribution is 2.32. The van der Waals surface area contributed by atoms with Gasteiger partial charge in [0.05, 0.1) is 12.9 Å². The predicted octanol–water partition coefficient (Wildman–Crippen LogP) is 6.38. The average Bonchev–Trinajstić information content (AvgIpc) is 2.59. The van der Waals surface area contributed by atoms with Crippen molar-refractivity contribution in [2.75, 3.05) is 25.6 Å². The summed E-state index contributed by atoms with van der Waals surface area (Å²) in [6.07, 6.45) is 14.9. The molecule has 150 valence electrons. The van der Waals surface area contributed by atoms with Crippen molar-refractivity contribution in [3.05, 3.63) is 12.3 Å². The average molecular weight is 375 g/mol. The van der Waals surface area contributed by atoms with Crippen molar-refractivity contribution in [3.63, 3.8) is 0 Å². The summed E-state index contributed by atoms with van der Waals surface area (Å²) in [6, 6.07) is 0. The first-order valence-corrected chi connectivity index (χ1v) is 10.9. The van der Waals surface area contributed by atoms with Crippen LogP contribution in [0.25, 0.3) is 0 Å². The molecule has 0 aliphatic rings. The zero-order valence-electron chi connectivity index (χ0n) is 17.1. The lowest BCUT2D eigenvalue weighted by Crippen LogP contribution is -2.41. The zero-order chi connectivity index (χ0) is 18.8. The molecule has 0 aromatic carbocycles. The van der Waals surface area contributed by atoms with Crippen LogP contribution in [0.2, 0.25) is 0 Å². The van der Waals surface area contributed by atoms with Crippen molar-refractivity contribution in [1.82, 2.24) is 0 Å². The van der Waals surface area contributed by atoms with Crippen molar-refractivity contribution < 1.29 is 14.2 Å². The molecule has 0 heterocycles. The van der Waals surface area contributed by atoms with E-state index in [0.717, 1.165) is 25.9 Å². The van der Waals surface area contributed by atoms with Gasteiger partial charge in [0.2, 0.25) is 0 Å². The lowest BCUT2D eigenvalue weighted by molar-refractivity contribution is -0.254. The summed E-state index contributed by atoms with van der Waals surface area (Å²) in [5.41, 5.74) is 0. The van der Waals surface area contributed by atoms with Crippen LogP contribution in [-0.4, -0.2) is 31.4 Å². The van der Waals surface area contributed by atoms with Crippen LogP contribution in [0.3, 0.4) is 0 Å². The summed E-state index contributed by atoms with van der Waals surface area (Å²) in [4.78, 5) is 0. The third-order valence-corrected chi connectivity index (χ3v) is 4.83. The first-order valence-electron chi connectivity index (χ1n) is 10.3. The Morgan fingerprint density at radius 2 is 1.48 bits per heavy atom. The van der Waals surface area contributed by atoms with E-state index in [1.165, 1.54) is 38.5 Å². The van der Waals surface area contributed by atoms with Gasteiger partial charge in [-0.3, -0.25) is 0 Å². The van der Waals surface area contributed by atoms with Gasteiger partial charge in [-0.2, -0.15) is 12.6 Å². The molecule has 0 aliphatic carbocycles. The highest BCUT2D eigenvalue weighted by atomic mass is 32.1. The van der Waals surface area contributed by atoms with E-state index in [1.807, 2.05) is 19.9 Å². The molecule has 0 aromatic heterocycles. The lowest BCUT2D eigenvalue weighted by atomic mass is 9.88. The smallest absolute Gasteiger partial charge is 0.168 e. The first-order chi connectivity index (χ1) is 12.1. The van der Waals surface area contributed by atoms with Crippen molar-refractivity contribution >= 4 is 12.6 Å². The molecule has 4 heteroatoms. The Kier molecular flexibility index (Phi) is 17.1. The van der Waals surface area contributed by atoms with Gasteiger partial charge in [0.15, 0.2) is 5.79 Å². The van der Waals surface area contributed by atoms with Crippen molar-refractivity contribution in [2.24, 2.45) is 5.92 Å². The van der Waals surface area contributed by atoms with Crippen molar-refractivity contribution in [3.8, 4) is 0 Å². The van der Waals surface area contributed by atoms with Gasteiger partial charge in [0.1, 0.15) is 0 Å². The van der Waals surface area contributed by atoms with Crippen molar-refractivity contribution in [2.45, 2.75) is 91.3 Å². The Morgan fingerprint density at radius 3 is 2.08 bits per heavy atom. The molecule has 0 bridgehead atoms. The second kappa shape index (κ2) is 17.2. The highest BCUT2D eigenvalue weighted by molar-refractivity contribution is 7.80. The lowest BCUT2D eigenvalue weighted by Gasteiger charge is -2.37. The molecule has 0 aromatic rings. The third-order valence-electron chi connectivity index (χ3n) is 4.62. The monoisotopic (exact) mass is 374 g/mol. The molecule has 1 atom stereocenters. The topological polar surface area (TPSA) is 27.7 Å². The van der Waals surface area contributed by atoms with Gasteiger partial charge in [-0.25, -0.2) is 0 Å². The predicted molar refractivity (Wildman–Crippen MR) is 111 cm³/mol. The molecular weight excluding hydrogens is 332 g/mol. The molecule has 0 rings (SSSR count). The highest BCUT2D eigenvalue weighted by Gasteiger charge is 2.34. The molecular formula is C21H42O3S. The van der Waals surface area contributed by atoms with Crippen LogP contribution in [-0.2, 0) is 14.2 Å². The van der Waals surface area contributed by atoms with E-state index in [1.54, 1.807) is 6.26 Å². The van der Waals surface area contributed by atoms with E-state index >= 15 is 0 Å². The Hall–Kier alpha value is -0.190. The van der Waals surface area contributed by atoms with Crippen LogP contribution < -0.4 is 0 Å². The molecule has 0 N–H and O–H groups in total. The number of ether oxygens (including phenoxy) is 3. The van der Waals surface area contributed by atoms with Gasteiger partial charge in [-0.15, -0.1) is 0 Å². The van der Waals surface area contributed by atoms with E-state index in [-0.39, 0.29) is 0 Å². The molecule has 0 amide bonds. The van der Waals surface area contributed by atoms with Crippen LogP contribution in [0.15, 0.2) is 12.3 Å². The molecule has 0 fully saturated rings. The standard InChI is InChI=1S/C21H42O3S/c1-5-8-9-10-11-12-15-20(16-13-17-22-18-14-19-25)21(4,23-6-2)24-7-3/h14,18,20,25H,5-13,15-17,19H2,1-4H3. The summed E-state index contributed by atoms with van der Waals surface area (Å²) in [6.45, 7) is 10.6. The fourth-order valence-corrected chi connectivity index (χ4v) is 3.37. The maximum atomic E-state index is 6.04. The summed E-state index contributed by atoms with van der Waals surface area (Å²) in [5, 5.41) is 0. The van der Waals surface area contributed by atoms with Crippen LogP contribution >= 0.6 is 12.6 Å². The van der Waals surface area contributed by atoms with Gasteiger partial charge < -0.3 is 14.2 Å². The van der Waals surface area contributed by atoms with E-state index < -0.39 is 5.79 Å². The minimum absolute atomic E-state index is 0.413. The maximum Gasteiger partial charge on any atom is 0.168 e. The molecule has 3 nitrogen and oxygen atoms in total. The van der Waals surface area contributed by atoms with E-state index in [0.29, 0.717) is 24.9 Å². The zero-order valence-corrected chi connectivity index (χ0v) is 18.0. The van der Waals surface area contributed by atoms with Gasteiger partial charge >= 0.3 is 0 Å². The number of rotatable bonds is 18. The normalized spacial score (nSPS) is 13.5. The molecule has 0 radical (unpaired) electrons. The van der Waals surface area contributed by atoms with Crippen LogP contribution in [0.5, 0.6) is 0 Å². The summed E-state index contributed by atoms with van der Waals surface area (Å²) < 4.78 is 17.6. The fourth-order valence-electron chi connectivity index (χ4n) is 3.28. The van der Waals surface area contributed by atoms with Gasteiger partial charge in [-0.1, -0.05) is 45.4 Å². The number of hydrogen-bond acceptors (Lipinski definition) is 4. The fraction of sp³-hybridized carbons (Fsp3) is 0.905. The van der Waals surface area contributed by atoms with Crippen LogP contribution in [0, 0.1) is 5.92 Å². The Balaban J connectivity index is 4.44. The minimum Gasteiger partial charge on any atom is -0.502 e. The van der Waals surface area contributed by atoms with Crippen LogP contribution in [0.1, 0.15) is 85.5 Å². The Bertz CT molecular complexity index is 302. The summed E-state index contributed by atoms with van der Waals surface area (Å²) in [5.74, 6) is 0.650. The van der Waals surface area contributed by atoms with Gasteiger partial charge in [0.25, 0.3) is 0 Å². The number of thiol groups is 1. The van der Waals surface area contributed by atoms with Gasteiger partial charge in [0, 0.05) is 24.9 Å². The first kappa shape index (κ1) is 24.8. The minimum atomic E-state index is -0.478. The van der Waals surface area contributed by atoms with E-state index in [2.05, 4.69) is 26.5 Å². The van der Waals surface area contributed by atoms with Crippen molar-refractivity contribution in [1.29, 1.82) is 0 Å². The summed E-state index contributed by atoms with van der Waals surface area (Å²) in [7, 11) is 0. The number of hydrogen-bond donors (Lipinski definition) is 1. The Morgan fingerprint density at radius 1 is 0.880 bits per heavy atom.